The lowest BCUT2D eigenvalue weighted by atomic mass is 9.86. The third kappa shape index (κ3) is 11.6. The van der Waals surface area contributed by atoms with Crippen molar-refractivity contribution in [2.45, 2.75) is 109 Å². The van der Waals surface area contributed by atoms with Crippen molar-refractivity contribution in [2.75, 3.05) is 7.11 Å². The van der Waals surface area contributed by atoms with E-state index in [1.807, 2.05) is 54.6 Å². The lowest BCUT2D eigenvalue weighted by Crippen LogP contribution is -2.57. The molecule has 1 aliphatic heterocycles. The number of carbonyl (C=O) groups is 4. The molecule has 0 aliphatic carbocycles. The first-order valence-electron chi connectivity index (χ1n) is 21.4. The van der Waals surface area contributed by atoms with E-state index in [1.165, 1.54) is 6.07 Å². The van der Waals surface area contributed by atoms with Gasteiger partial charge in [-0.2, -0.15) is 0 Å². The van der Waals surface area contributed by atoms with Gasteiger partial charge in [0.1, 0.15) is 41.0 Å². The van der Waals surface area contributed by atoms with E-state index < -0.39 is 63.0 Å². The van der Waals surface area contributed by atoms with Gasteiger partial charge >= 0.3 is 6.09 Å². The fourth-order valence-corrected chi connectivity index (χ4v) is 8.77. The molecule has 4 aromatic carbocycles. The standard InChI is InChI=1S/C49H57N5O9S/c1-9-16-36-44(55)54-64(59,60)41-22-14-13-19-31(41)20-15-21-32-27-33(42(45(56)51-36)52-46(57)43(48(2,3)4)53-47(58)63-49(5,6)7)23-26-39(32)62-40-29-37(30-17-11-10-12-18-30)50-38-28-34(61-8)24-25-35(38)40/h10-14,17-19,22-29,36,42-43H,9,15-16,20-21H2,1-8H3,(H,51,56)(H,52,57)(H,53,58)(H,54,55)/t36-,42-,43+/m0/s1. The highest BCUT2D eigenvalue weighted by atomic mass is 32.2. The number of pyridine rings is 1. The maximum absolute atomic E-state index is 14.6. The normalized spacial score (nSPS) is 17.3. The molecule has 0 radical (unpaired) electrons. The Balaban J connectivity index is 1.49. The molecule has 2 heterocycles. The Morgan fingerprint density at radius 1 is 0.844 bits per heavy atom. The van der Waals surface area contributed by atoms with Crippen molar-refractivity contribution in [3.8, 4) is 28.5 Å². The lowest BCUT2D eigenvalue weighted by molar-refractivity contribution is -0.133. The number of methoxy groups -OCH3 is 1. The van der Waals surface area contributed by atoms with Crippen LogP contribution >= 0.6 is 0 Å². The first-order chi connectivity index (χ1) is 30.3. The van der Waals surface area contributed by atoms with E-state index in [0.717, 1.165) is 5.56 Å². The summed E-state index contributed by atoms with van der Waals surface area (Å²) in [6.07, 6.45) is 0.767. The number of rotatable bonds is 9. The minimum absolute atomic E-state index is 0.0482. The zero-order chi connectivity index (χ0) is 46.4. The molecule has 0 saturated heterocycles. The summed E-state index contributed by atoms with van der Waals surface area (Å²) in [5.41, 5.74) is 1.96. The number of hydrogen-bond acceptors (Lipinski definition) is 10. The number of amides is 4. The van der Waals surface area contributed by atoms with Crippen LogP contribution in [0, 0.1) is 5.41 Å². The highest BCUT2D eigenvalue weighted by Crippen LogP contribution is 2.37. The molecule has 1 aliphatic rings. The van der Waals surface area contributed by atoms with E-state index in [2.05, 4.69) is 20.7 Å². The molecule has 0 saturated carbocycles. The first kappa shape index (κ1) is 47.0. The number of aromatic nitrogens is 1. The molecular formula is C49H57N5O9S. The number of aryl methyl sites for hydroxylation is 2. The van der Waals surface area contributed by atoms with Gasteiger partial charge in [0.2, 0.25) is 11.8 Å². The van der Waals surface area contributed by atoms with Gasteiger partial charge in [0.05, 0.1) is 23.2 Å². The summed E-state index contributed by atoms with van der Waals surface area (Å²) < 4.78 is 47.7. The molecule has 5 aromatic rings. The molecule has 2 bridgehead atoms. The van der Waals surface area contributed by atoms with Crippen molar-refractivity contribution in [3.05, 3.63) is 114 Å². The number of benzene rings is 4. The molecule has 338 valence electrons. The van der Waals surface area contributed by atoms with Crippen molar-refractivity contribution in [1.82, 2.24) is 25.7 Å². The number of nitrogens with zero attached hydrogens (tertiary/aromatic N) is 1. The average molecular weight is 892 g/mol. The lowest BCUT2D eigenvalue weighted by Gasteiger charge is -2.33. The predicted molar refractivity (Wildman–Crippen MR) is 244 cm³/mol. The highest BCUT2D eigenvalue weighted by Gasteiger charge is 2.38. The minimum Gasteiger partial charge on any atom is -0.497 e. The molecule has 0 spiro atoms. The van der Waals surface area contributed by atoms with Gasteiger partial charge < -0.3 is 30.2 Å². The van der Waals surface area contributed by atoms with Gasteiger partial charge in [0.25, 0.3) is 15.9 Å². The van der Waals surface area contributed by atoms with Crippen LogP contribution in [-0.2, 0) is 42.0 Å². The Morgan fingerprint density at radius 2 is 1.55 bits per heavy atom. The van der Waals surface area contributed by atoms with Crippen LogP contribution < -0.4 is 30.1 Å². The van der Waals surface area contributed by atoms with Crippen LogP contribution in [0.1, 0.15) is 90.5 Å². The van der Waals surface area contributed by atoms with E-state index >= 15 is 0 Å². The van der Waals surface area contributed by atoms with Crippen molar-refractivity contribution in [2.24, 2.45) is 5.41 Å². The molecule has 3 atom stereocenters. The molecule has 0 fully saturated rings. The van der Waals surface area contributed by atoms with Crippen LogP contribution in [0.3, 0.4) is 0 Å². The quantitative estimate of drug-likeness (QED) is 0.113. The monoisotopic (exact) mass is 891 g/mol. The summed E-state index contributed by atoms with van der Waals surface area (Å²) >= 11 is 0. The first-order valence-corrected chi connectivity index (χ1v) is 22.8. The topological polar surface area (TPSA) is 191 Å². The molecule has 4 amide bonds. The van der Waals surface area contributed by atoms with Gasteiger partial charge in [0, 0.05) is 23.1 Å². The molecular weight excluding hydrogens is 835 g/mol. The third-order valence-electron chi connectivity index (χ3n) is 10.6. The Morgan fingerprint density at radius 3 is 2.23 bits per heavy atom. The van der Waals surface area contributed by atoms with Gasteiger partial charge in [-0.15, -0.1) is 0 Å². The summed E-state index contributed by atoms with van der Waals surface area (Å²) in [4.78, 5) is 60.7. The van der Waals surface area contributed by atoms with Crippen molar-refractivity contribution >= 4 is 44.7 Å². The molecule has 64 heavy (non-hydrogen) atoms. The van der Waals surface area contributed by atoms with E-state index in [0.29, 0.717) is 76.2 Å². The van der Waals surface area contributed by atoms with Crippen molar-refractivity contribution in [1.29, 1.82) is 0 Å². The summed E-state index contributed by atoms with van der Waals surface area (Å²) in [6.45, 7) is 12.2. The van der Waals surface area contributed by atoms with Crippen LogP contribution in [0.4, 0.5) is 4.79 Å². The SMILES string of the molecule is CCC[C@@H]1NC(=O)[C@@H](NC(=O)[C@@H](NC(=O)OC(C)(C)C)C(C)(C)C)c2ccc(Oc3cc(-c4ccccc4)nc4cc(OC)ccc34)c(c2)CCCc2ccccc2S(=O)(=O)NC1=O. The van der Waals surface area contributed by atoms with Gasteiger partial charge in [-0.05, 0) is 98.9 Å². The second-order valence-corrected chi connectivity index (χ2v) is 19.5. The number of hydrogen-bond donors (Lipinski definition) is 4. The number of carbonyl (C=O) groups excluding carboxylic acids is 4. The smallest absolute Gasteiger partial charge is 0.408 e. The summed E-state index contributed by atoms with van der Waals surface area (Å²) in [5.74, 6) is -0.835. The molecule has 15 heteroatoms. The van der Waals surface area contributed by atoms with Gasteiger partial charge in [-0.3, -0.25) is 14.4 Å². The van der Waals surface area contributed by atoms with Crippen LogP contribution in [-0.4, -0.2) is 62.0 Å². The number of fused-ring (bicyclic) bond motifs is 4. The molecule has 14 nitrogen and oxygen atoms in total. The Hall–Kier alpha value is -6.48. The van der Waals surface area contributed by atoms with E-state index in [4.69, 9.17) is 19.2 Å². The van der Waals surface area contributed by atoms with Crippen LogP contribution in [0.5, 0.6) is 17.2 Å². The van der Waals surface area contributed by atoms with E-state index in [1.54, 1.807) is 92.0 Å². The largest absolute Gasteiger partial charge is 0.497 e. The highest BCUT2D eigenvalue weighted by molar-refractivity contribution is 7.90. The zero-order valence-electron chi connectivity index (χ0n) is 37.5. The minimum atomic E-state index is -4.37. The van der Waals surface area contributed by atoms with Gasteiger partial charge in [-0.25, -0.2) is 22.9 Å². The summed E-state index contributed by atoms with van der Waals surface area (Å²) in [7, 11) is -2.79. The number of sulfonamides is 1. The van der Waals surface area contributed by atoms with Gasteiger partial charge in [0.15, 0.2) is 0 Å². The molecule has 0 unspecified atom stereocenters. The second-order valence-electron chi connectivity index (χ2n) is 17.9. The Labute approximate surface area is 374 Å². The zero-order valence-corrected chi connectivity index (χ0v) is 38.4. The molecule has 1 aromatic heterocycles. The van der Waals surface area contributed by atoms with E-state index in [9.17, 15) is 27.6 Å². The number of alkyl carbamates (subject to hydrolysis) is 1. The fraction of sp³-hybridized carbons (Fsp3) is 0.367. The Kier molecular flexibility index (Phi) is 14.3. The molecule has 4 N–H and O–H groups in total. The van der Waals surface area contributed by atoms with Crippen molar-refractivity contribution in [3.63, 3.8) is 0 Å². The molecule has 6 rings (SSSR count). The average Bonchev–Trinajstić information content (AvgIpc) is 3.23. The number of nitrogens with one attached hydrogen (secondary N) is 4. The van der Waals surface area contributed by atoms with Gasteiger partial charge in [-0.1, -0.05) is 88.7 Å². The van der Waals surface area contributed by atoms with Crippen LogP contribution in [0.25, 0.3) is 22.2 Å². The fourth-order valence-electron chi connectivity index (χ4n) is 7.48. The summed E-state index contributed by atoms with van der Waals surface area (Å²) in [5, 5.41) is 8.96. The third-order valence-corrected chi connectivity index (χ3v) is 12.1. The second kappa shape index (κ2) is 19.5. The van der Waals surface area contributed by atoms with Crippen LogP contribution in [0.2, 0.25) is 0 Å². The number of ether oxygens (including phenoxy) is 3. The van der Waals surface area contributed by atoms with Crippen LogP contribution in [0.15, 0.2) is 102 Å². The summed E-state index contributed by atoms with van der Waals surface area (Å²) in [6, 6.07) is 24.8. The predicted octanol–water partition coefficient (Wildman–Crippen LogP) is 8.08. The van der Waals surface area contributed by atoms with E-state index in [-0.39, 0.29) is 11.3 Å². The van der Waals surface area contributed by atoms with Crippen molar-refractivity contribution < 1.29 is 41.8 Å². The maximum atomic E-state index is 14.6. The Bertz CT molecular complexity index is 2640. The maximum Gasteiger partial charge on any atom is 0.408 e.